The fraction of sp³-hybridized carbons (Fsp3) is 0.650. The van der Waals surface area contributed by atoms with Crippen LogP contribution in [0.1, 0.15) is 44.1 Å². The summed E-state index contributed by atoms with van der Waals surface area (Å²) in [6, 6.07) is 5.33. The highest BCUT2D eigenvalue weighted by Gasteiger charge is 2.36. The van der Waals surface area contributed by atoms with E-state index in [1.54, 1.807) is 11.9 Å². The number of halogens is 1. The van der Waals surface area contributed by atoms with Crippen molar-refractivity contribution in [3.05, 3.63) is 35.6 Å². The van der Waals surface area contributed by atoms with Crippen LogP contribution in [-0.4, -0.2) is 60.9 Å². The number of hydrogen-bond donors (Lipinski definition) is 1. The minimum Gasteiger partial charge on any atom is -0.391 e. The van der Waals surface area contributed by atoms with Crippen molar-refractivity contribution >= 4 is 15.9 Å². The van der Waals surface area contributed by atoms with Gasteiger partial charge in [0.15, 0.2) is 0 Å². The van der Waals surface area contributed by atoms with Gasteiger partial charge in [-0.25, -0.2) is 17.1 Å². The topological polar surface area (TPSA) is 77.9 Å². The highest BCUT2D eigenvalue weighted by molar-refractivity contribution is 7.88. The largest absolute Gasteiger partial charge is 0.391 e. The zero-order valence-electron chi connectivity index (χ0n) is 16.3. The summed E-state index contributed by atoms with van der Waals surface area (Å²) in [6.45, 7) is 0.613. The fourth-order valence-electron chi connectivity index (χ4n) is 4.26. The number of likely N-dealkylation sites (N-methyl/N-ethyl adjacent to an activating group) is 1. The second-order valence-electron chi connectivity index (χ2n) is 7.92. The molecule has 0 unspecified atom stereocenters. The third-order valence-electron chi connectivity index (χ3n) is 6.00. The molecule has 1 aromatic rings. The SMILES string of the molecule is CN(C(=O)C1CCN(S(=O)(=O)Cc2ccc(F)cc2)CC1)[C@@H]1CCCC[C@@H]1O. The number of aliphatic hydroxyl groups excluding tert-OH is 1. The van der Waals surface area contributed by atoms with E-state index in [1.807, 2.05) is 0 Å². The first-order chi connectivity index (χ1) is 13.3. The molecule has 0 aromatic heterocycles. The average Bonchev–Trinajstić information content (AvgIpc) is 2.69. The molecule has 1 saturated carbocycles. The van der Waals surface area contributed by atoms with E-state index in [0.29, 0.717) is 31.5 Å². The standard InChI is InChI=1S/C20H29FN2O4S/c1-22(18-4-2-3-5-19(18)24)20(25)16-10-12-23(13-11-16)28(26,27)14-15-6-8-17(21)9-7-15/h6-9,16,18-19,24H,2-5,10-14H2,1H3/t18-,19+/m1/s1. The van der Waals surface area contributed by atoms with Crippen LogP contribution >= 0.6 is 0 Å². The Kier molecular flexibility index (Phi) is 6.73. The number of aliphatic hydroxyl groups is 1. The number of benzene rings is 1. The van der Waals surface area contributed by atoms with E-state index in [0.717, 1.165) is 25.7 Å². The van der Waals surface area contributed by atoms with Gasteiger partial charge in [0.1, 0.15) is 5.82 Å². The van der Waals surface area contributed by atoms with Crippen LogP contribution in [0, 0.1) is 11.7 Å². The first-order valence-electron chi connectivity index (χ1n) is 9.95. The lowest BCUT2D eigenvalue weighted by molar-refractivity contribution is -0.141. The molecule has 1 aliphatic heterocycles. The van der Waals surface area contributed by atoms with Crippen LogP contribution in [0.15, 0.2) is 24.3 Å². The van der Waals surface area contributed by atoms with Crippen LogP contribution in [0.5, 0.6) is 0 Å². The molecule has 2 atom stereocenters. The van der Waals surface area contributed by atoms with Crippen LogP contribution in [-0.2, 0) is 20.6 Å². The van der Waals surface area contributed by atoms with Gasteiger partial charge in [-0.15, -0.1) is 0 Å². The van der Waals surface area contributed by atoms with Gasteiger partial charge in [0.05, 0.1) is 17.9 Å². The van der Waals surface area contributed by atoms with Crippen LogP contribution in [0.3, 0.4) is 0 Å². The Hall–Kier alpha value is -1.51. The fourth-order valence-corrected chi connectivity index (χ4v) is 5.82. The van der Waals surface area contributed by atoms with Crippen molar-refractivity contribution in [2.45, 2.75) is 56.4 Å². The Morgan fingerprint density at radius 3 is 2.36 bits per heavy atom. The quantitative estimate of drug-likeness (QED) is 0.804. The molecule has 1 N–H and O–H groups in total. The molecule has 0 spiro atoms. The number of carbonyl (C=O) groups is 1. The first kappa shape index (κ1) is 21.2. The van der Waals surface area contributed by atoms with E-state index in [1.165, 1.54) is 28.6 Å². The predicted molar refractivity (Wildman–Crippen MR) is 104 cm³/mol. The maximum absolute atomic E-state index is 13.0. The molecule has 1 amide bonds. The Bertz CT molecular complexity index is 776. The lowest BCUT2D eigenvalue weighted by Crippen LogP contribution is -2.50. The summed E-state index contributed by atoms with van der Waals surface area (Å²) in [4.78, 5) is 14.5. The summed E-state index contributed by atoms with van der Waals surface area (Å²) < 4.78 is 39.7. The van der Waals surface area contributed by atoms with Gasteiger partial charge in [-0.3, -0.25) is 4.79 Å². The maximum Gasteiger partial charge on any atom is 0.225 e. The molecule has 6 nitrogen and oxygen atoms in total. The minimum absolute atomic E-state index is 0.00142. The van der Waals surface area contributed by atoms with E-state index in [9.17, 15) is 22.7 Å². The highest BCUT2D eigenvalue weighted by Crippen LogP contribution is 2.27. The number of sulfonamides is 1. The molecule has 3 rings (SSSR count). The van der Waals surface area contributed by atoms with Crippen molar-refractivity contribution in [2.75, 3.05) is 20.1 Å². The van der Waals surface area contributed by atoms with Crippen molar-refractivity contribution in [1.29, 1.82) is 0 Å². The molecule has 2 fully saturated rings. The predicted octanol–water partition coefficient (Wildman–Crippen LogP) is 2.13. The van der Waals surface area contributed by atoms with E-state index >= 15 is 0 Å². The molecule has 0 bridgehead atoms. The van der Waals surface area contributed by atoms with Crippen molar-refractivity contribution in [1.82, 2.24) is 9.21 Å². The summed E-state index contributed by atoms with van der Waals surface area (Å²) in [5, 5.41) is 10.2. The lowest BCUT2D eigenvalue weighted by Gasteiger charge is -2.38. The summed E-state index contributed by atoms with van der Waals surface area (Å²) >= 11 is 0. The van der Waals surface area contributed by atoms with Crippen molar-refractivity contribution in [3.63, 3.8) is 0 Å². The second-order valence-corrected chi connectivity index (χ2v) is 9.89. The van der Waals surface area contributed by atoms with Crippen molar-refractivity contribution in [2.24, 2.45) is 5.92 Å². The van der Waals surface area contributed by atoms with Crippen LogP contribution in [0.4, 0.5) is 4.39 Å². The number of rotatable bonds is 5. The van der Waals surface area contributed by atoms with Crippen LogP contribution < -0.4 is 0 Å². The minimum atomic E-state index is -3.50. The molecule has 28 heavy (non-hydrogen) atoms. The number of piperidine rings is 1. The Morgan fingerprint density at radius 2 is 1.75 bits per heavy atom. The third-order valence-corrected chi connectivity index (χ3v) is 7.85. The van der Waals surface area contributed by atoms with Gasteiger partial charge >= 0.3 is 0 Å². The maximum atomic E-state index is 13.0. The summed E-state index contributed by atoms with van der Waals surface area (Å²) in [5.74, 6) is -0.773. The molecule has 8 heteroatoms. The molecule has 1 aliphatic carbocycles. The van der Waals surface area contributed by atoms with Gasteiger partial charge in [0.25, 0.3) is 0 Å². The van der Waals surface area contributed by atoms with Gasteiger partial charge < -0.3 is 10.0 Å². The highest BCUT2D eigenvalue weighted by atomic mass is 32.2. The van der Waals surface area contributed by atoms with E-state index in [4.69, 9.17) is 0 Å². The lowest BCUT2D eigenvalue weighted by atomic mass is 9.89. The van der Waals surface area contributed by atoms with E-state index < -0.39 is 21.9 Å². The van der Waals surface area contributed by atoms with Gasteiger partial charge in [-0.1, -0.05) is 25.0 Å². The monoisotopic (exact) mass is 412 g/mol. The third kappa shape index (κ3) is 4.90. The molecule has 0 radical (unpaired) electrons. The summed E-state index contributed by atoms with van der Waals surface area (Å²) in [7, 11) is -1.75. The summed E-state index contributed by atoms with van der Waals surface area (Å²) in [5.41, 5.74) is 0.547. The van der Waals surface area contributed by atoms with E-state index in [-0.39, 0.29) is 23.6 Å². The average molecular weight is 413 g/mol. The van der Waals surface area contributed by atoms with Gasteiger partial charge in [-0.05, 0) is 43.4 Å². The molecular formula is C20H29FN2O4S. The molecule has 156 valence electrons. The molecule has 1 aromatic carbocycles. The normalized spacial score (nSPS) is 24.8. The summed E-state index contributed by atoms with van der Waals surface area (Å²) in [6.07, 6.45) is 4.03. The molecular weight excluding hydrogens is 383 g/mol. The van der Waals surface area contributed by atoms with Gasteiger partial charge in [0.2, 0.25) is 15.9 Å². The van der Waals surface area contributed by atoms with Crippen LogP contribution in [0.25, 0.3) is 0 Å². The number of carbonyl (C=O) groups excluding carboxylic acids is 1. The second kappa shape index (κ2) is 8.88. The first-order valence-corrected chi connectivity index (χ1v) is 11.6. The molecule has 2 aliphatic rings. The Morgan fingerprint density at radius 1 is 1.14 bits per heavy atom. The number of amides is 1. The van der Waals surface area contributed by atoms with E-state index in [2.05, 4.69) is 0 Å². The number of nitrogens with zero attached hydrogens (tertiary/aromatic N) is 2. The smallest absolute Gasteiger partial charge is 0.225 e. The van der Waals surface area contributed by atoms with Crippen molar-refractivity contribution in [3.8, 4) is 0 Å². The van der Waals surface area contributed by atoms with Crippen LogP contribution in [0.2, 0.25) is 0 Å². The van der Waals surface area contributed by atoms with Crippen molar-refractivity contribution < 1.29 is 22.7 Å². The molecule has 1 heterocycles. The zero-order valence-corrected chi connectivity index (χ0v) is 17.1. The van der Waals surface area contributed by atoms with Gasteiger partial charge in [-0.2, -0.15) is 0 Å². The number of hydrogen-bond acceptors (Lipinski definition) is 4. The van der Waals surface area contributed by atoms with Gasteiger partial charge in [0, 0.05) is 26.1 Å². The Labute approximate surface area is 166 Å². The zero-order chi connectivity index (χ0) is 20.3. The molecule has 1 saturated heterocycles. The Balaban J connectivity index is 1.55.